The summed E-state index contributed by atoms with van der Waals surface area (Å²) < 4.78 is 41.1. The first kappa shape index (κ1) is 15.3. The van der Waals surface area contributed by atoms with E-state index in [9.17, 15) is 13.2 Å². The van der Waals surface area contributed by atoms with Gasteiger partial charge >= 0.3 is 14.2 Å². The van der Waals surface area contributed by atoms with Crippen molar-refractivity contribution in [3.05, 3.63) is 41.5 Å². The van der Waals surface area contributed by atoms with E-state index in [1.165, 1.54) is 18.2 Å². The maximum Gasteiger partial charge on any atom is 0.416 e. The van der Waals surface area contributed by atoms with Gasteiger partial charge in [-0.1, -0.05) is 24.3 Å². The lowest BCUT2D eigenvalue weighted by Gasteiger charge is -2.06. The highest BCUT2D eigenvalue weighted by Crippen LogP contribution is 2.29. The van der Waals surface area contributed by atoms with E-state index < -0.39 is 17.8 Å². The molecular formula is C12H11BF3NO2. The van der Waals surface area contributed by atoms with E-state index in [-0.39, 0.29) is 6.61 Å². The van der Waals surface area contributed by atoms with Crippen LogP contribution in [0.4, 0.5) is 13.2 Å². The van der Waals surface area contributed by atoms with E-state index in [4.69, 9.17) is 13.2 Å². The Kier molecular flexibility index (Phi) is 5.63. The summed E-state index contributed by atoms with van der Waals surface area (Å²) in [4.78, 5) is 3.74. The summed E-state index contributed by atoms with van der Waals surface area (Å²) in [5.41, 5.74) is -0.145. The summed E-state index contributed by atoms with van der Waals surface area (Å²) in [6.07, 6.45) is -0.302. The van der Waals surface area contributed by atoms with Crippen molar-refractivity contribution < 1.29 is 22.9 Å². The first-order valence-electron chi connectivity index (χ1n) is 5.31. The van der Waals surface area contributed by atoms with Crippen molar-refractivity contribution in [2.24, 2.45) is 4.99 Å². The van der Waals surface area contributed by atoms with Crippen molar-refractivity contribution in [1.82, 2.24) is 0 Å². The lowest BCUT2D eigenvalue weighted by Crippen LogP contribution is -2.06. The van der Waals surface area contributed by atoms with Crippen LogP contribution in [0, 0.1) is 0 Å². The number of alkyl halides is 3. The molecular weight excluding hydrogens is 258 g/mol. The first-order valence-corrected chi connectivity index (χ1v) is 5.31. The van der Waals surface area contributed by atoms with Gasteiger partial charge in [0.05, 0.1) is 18.2 Å². The summed E-state index contributed by atoms with van der Waals surface area (Å²) in [7, 11) is 4.73. The van der Waals surface area contributed by atoms with Crippen molar-refractivity contribution in [2.75, 3.05) is 6.61 Å². The number of aliphatic hydroxyl groups excluding tert-OH is 1. The summed E-state index contributed by atoms with van der Waals surface area (Å²) in [5, 5.41) is 8.97. The summed E-state index contributed by atoms with van der Waals surface area (Å²) in [6.45, 7) is -0.267. The number of aliphatic hydroxyl groups is 1. The predicted octanol–water partition coefficient (Wildman–Crippen LogP) is 2.21. The molecule has 0 amide bonds. The molecule has 19 heavy (non-hydrogen) atoms. The molecule has 0 fully saturated rings. The van der Waals surface area contributed by atoms with Crippen LogP contribution in [0.2, 0.25) is 0 Å². The molecule has 0 bridgehead atoms. The summed E-state index contributed by atoms with van der Waals surface area (Å²) >= 11 is 0. The maximum atomic E-state index is 12.3. The van der Waals surface area contributed by atoms with Crippen LogP contribution in [0.1, 0.15) is 11.1 Å². The number of benzene rings is 1. The van der Waals surface area contributed by atoms with E-state index in [1.54, 1.807) is 6.08 Å². The zero-order valence-corrected chi connectivity index (χ0v) is 9.84. The van der Waals surface area contributed by atoms with E-state index in [1.807, 2.05) is 0 Å². The van der Waals surface area contributed by atoms with Crippen LogP contribution in [-0.2, 0) is 10.8 Å². The van der Waals surface area contributed by atoms with Crippen LogP contribution in [-0.4, -0.2) is 32.2 Å². The monoisotopic (exact) mass is 269 g/mol. The normalized spacial score (nSPS) is 14.1. The topological polar surface area (TPSA) is 41.8 Å². The smallest absolute Gasteiger partial charge is 0.416 e. The molecule has 1 N–H and O–H groups in total. The molecule has 1 aromatic carbocycles. The molecule has 0 aliphatic carbocycles. The number of aliphatic imine (C=N–C) groups is 1. The van der Waals surface area contributed by atoms with Crippen LogP contribution in [0.15, 0.2) is 35.3 Å². The molecule has 0 heterocycles. The fraction of sp³-hybridized carbons (Fsp3) is 0.250. The van der Waals surface area contributed by atoms with Gasteiger partial charge in [0, 0.05) is 0 Å². The SMILES string of the molecule is [B]OC=N[C@H](/C=C/c1ccc(C(F)(F)F)cc1)CO. The quantitative estimate of drug-likeness (QED) is 0.506. The Morgan fingerprint density at radius 2 is 1.95 bits per heavy atom. The molecule has 0 spiro atoms. The van der Waals surface area contributed by atoms with Crippen LogP contribution in [0.5, 0.6) is 0 Å². The van der Waals surface area contributed by atoms with Crippen molar-refractivity contribution in [3.8, 4) is 0 Å². The van der Waals surface area contributed by atoms with Crippen molar-refractivity contribution >= 4 is 20.5 Å². The van der Waals surface area contributed by atoms with Crippen LogP contribution < -0.4 is 0 Å². The predicted molar refractivity (Wildman–Crippen MR) is 66.7 cm³/mol. The minimum absolute atomic E-state index is 0.267. The fourth-order valence-electron chi connectivity index (χ4n) is 1.28. The second kappa shape index (κ2) is 6.99. The fourth-order valence-corrected chi connectivity index (χ4v) is 1.28. The van der Waals surface area contributed by atoms with Crippen molar-refractivity contribution in [3.63, 3.8) is 0 Å². The molecule has 0 aromatic heterocycles. The number of halogens is 3. The zero-order chi connectivity index (χ0) is 14.3. The lowest BCUT2D eigenvalue weighted by atomic mass is 10.1. The van der Waals surface area contributed by atoms with E-state index in [0.29, 0.717) is 5.56 Å². The maximum absolute atomic E-state index is 12.3. The average molecular weight is 269 g/mol. The summed E-state index contributed by atoms with van der Waals surface area (Å²) in [5.74, 6) is 0. The molecule has 100 valence electrons. The number of nitrogens with zero attached hydrogens (tertiary/aromatic N) is 1. The van der Waals surface area contributed by atoms with Gasteiger partial charge in [-0.25, -0.2) is 0 Å². The van der Waals surface area contributed by atoms with Gasteiger partial charge < -0.3 is 9.76 Å². The van der Waals surface area contributed by atoms with Gasteiger partial charge in [0.2, 0.25) is 0 Å². The Bertz CT molecular complexity index is 443. The molecule has 1 atom stereocenters. The highest BCUT2D eigenvalue weighted by atomic mass is 19.4. The Hall–Kier alpha value is -1.76. The van der Waals surface area contributed by atoms with Gasteiger partial charge in [-0.05, 0) is 17.7 Å². The van der Waals surface area contributed by atoms with E-state index >= 15 is 0 Å². The molecule has 7 heteroatoms. The molecule has 3 nitrogen and oxygen atoms in total. The van der Waals surface area contributed by atoms with Crippen LogP contribution in [0.3, 0.4) is 0 Å². The standard InChI is InChI=1S/C12H11BF3NO2/c13-19-8-17-11(7-18)6-3-9-1-4-10(5-2-9)12(14,15)16/h1-6,8,11,18H,7H2/b6-3+,17-8?/t11-/m1/s1. The Morgan fingerprint density at radius 3 is 2.42 bits per heavy atom. The number of rotatable bonds is 5. The van der Waals surface area contributed by atoms with E-state index in [0.717, 1.165) is 18.5 Å². The summed E-state index contributed by atoms with van der Waals surface area (Å²) in [6, 6.07) is 4.07. The number of hydrogen-bond acceptors (Lipinski definition) is 3. The highest BCUT2D eigenvalue weighted by molar-refractivity contribution is 6.02. The van der Waals surface area contributed by atoms with Crippen molar-refractivity contribution in [1.29, 1.82) is 0 Å². The Balaban J connectivity index is 2.74. The van der Waals surface area contributed by atoms with Gasteiger partial charge in [-0.15, -0.1) is 0 Å². The van der Waals surface area contributed by atoms with Gasteiger partial charge in [-0.2, -0.15) is 13.2 Å². The molecule has 1 rings (SSSR count). The van der Waals surface area contributed by atoms with Gasteiger partial charge in [-0.3, -0.25) is 4.99 Å². The largest absolute Gasteiger partial charge is 0.560 e. The van der Waals surface area contributed by atoms with Crippen LogP contribution in [0.25, 0.3) is 6.08 Å². The van der Waals surface area contributed by atoms with Gasteiger partial charge in [0.1, 0.15) is 0 Å². The second-order valence-electron chi connectivity index (χ2n) is 3.62. The lowest BCUT2D eigenvalue weighted by molar-refractivity contribution is -0.137. The van der Waals surface area contributed by atoms with Crippen molar-refractivity contribution in [2.45, 2.75) is 12.2 Å². The van der Waals surface area contributed by atoms with Gasteiger partial charge in [0.25, 0.3) is 0 Å². The van der Waals surface area contributed by atoms with Crippen LogP contribution >= 0.6 is 0 Å². The third-order valence-electron chi connectivity index (χ3n) is 2.25. The minimum Gasteiger partial charge on any atom is -0.560 e. The highest BCUT2D eigenvalue weighted by Gasteiger charge is 2.29. The van der Waals surface area contributed by atoms with E-state index in [2.05, 4.69) is 9.65 Å². The Labute approximate surface area is 109 Å². The second-order valence-corrected chi connectivity index (χ2v) is 3.62. The third-order valence-corrected chi connectivity index (χ3v) is 2.25. The molecule has 0 saturated heterocycles. The minimum atomic E-state index is -4.35. The first-order chi connectivity index (χ1) is 8.97. The molecule has 2 radical (unpaired) electrons. The average Bonchev–Trinajstić information content (AvgIpc) is 2.38. The molecule has 1 aromatic rings. The molecule has 0 saturated carbocycles. The third kappa shape index (κ3) is 5.17. The molecule has 0 aliphatic heterocycles. The molecule has 0 aliphatic rings. The number of hydrogen-bond donors (Lipinski definition) is 1. The zero-order valence-electron chi connectivity index (χ0n) is 9.84. The Morgan fingerprint density at radius 1 is 1.32 bits per heavy atom. The van der Waals surface area contributed by atoms with Gasteiger partial charge in [0.15, 0.2) is 6.40 Å². The molecule has 0 unspecified atom stereocenters.